The highest BCUT2D eigenvalue weighted by molar-refractivity contribution is 6.31. The molecule has 18 heavy (non-hydrogen) atoms. The lowest BCUT2D eigenvalue weighted by molar-refractivity contribution is -0.142. The lowest BCUT2D eigenvalue weighted by atomic mass is 10.3. The number of anilines is 1. The summed E-state index contributed by atoms with van der Waals surface area (Å²) in [5.41, 5.74) is 0.548. The monoisotopic (exact) mass is 265 g/mol. The Morgan fingerprint density at radius 1 is 1.39 bits per heavy atom. The van der Waals surface area contributed by atoms with E-state index in [0.29, 0.717) is 23.0 Å². The Hall–Kier alpha value is -1.62. The fourth-order valence-electron chi connectivity index (χ4n) is 2.29. The van der Waals surface area contributed by atoms with Gasteiger partial charge in [-0.05, 0) is 18.6 Å². The van der Waals surface area contributed by atoms with Gasteiger partial charge in [0.25, 0.3) is 0 Å². The molecule has 1 N–H and O–H groups in total. The van der Waals surface area contributed by atoms with E-state index in [9.17, 15) is 9.59 Å². The van der Waals surface area contributed by atoms with Gasteiger partial charge in [0.05, 0.1) is 29.1 Å². The number of carbonyl (C=O) groups excluding carboxylic acids is 2. The first-order valence-electron chi connectivity index (χ1n) is 5.80. The van der Waals surface area contributed by atoms with Crippen molar-refractivity contribution in [1.29, 1.82) is 0 Å². The van der Waals surface area contributed by atoms with Crippen LogP contribution in [0.2, 0.25) is 5.02 Å². The molecule has 1 saturated carbocycles. The number of halogens is 1. The smallest absolute Gasteiger partial charge is 0.233 e. The number of nitrogens with zero attached hydrogens (tertiary/aromatic N) is 2. The Morgan fingerprint density at radius 3 is 2.67 bits per heavy atom. The third-order valence-electron chi connectivity index (χ3n) is 3.44. The Balaban J connectivity index is 1.84. The van der Waals surface area contributed by atoms with E-state index >= 15 is 0 Å². The van der Waals surface area contributed by atoms with Crippen LogP contribution in [0.25, 0.3) is 0 Å². The first-order valence-corrected chi connectivity index (χ1v) is 6.18. The van der Waals surface area contributed by atoms with Gasteiger partial charge in [-0.1, -0.05) is 11.6 Å². The normalized spacial score (nSPS) is 25.3. The van der Waals surface area contributed by atoms with Crippen molar-refractivity contribution in [3.8, 4) is 0 Å². The van der Waals surface area contributed by atoms with Crippen LogP contribution >= 0.6 is 11.6 Å². The highest BCUT2D eigenvalue weighted by atomic mass is 35.5. The number of rotatable bonds is 3. The summed E-state index contributed by atoms with van der Waals surface area (Å²) < 4.78 is 0. The maximum Gasteiger partial charge on any atom is 0.233 e. The lowest BCUT2D eigenvalue weighted by Gasteiger charge is -2.17. The van der Waals surface area contributed by atoms with Gasteiger partial charge in [0.15, 0.2) is 0 Å². The van der Waals surface area contributed by atoms with Gasteiger partial charge < -0.3 is 5.32 Å². The largest absolute Gasteiger partial charge is 0.373 e. The average molecular weight is 266 g/mol. The molecule has 1 aromatic heterocycles. The van der Waals surface area contributed by atoms with E-state index in [2.05, 4.69) is 10.3 Å². The highest BCUT2D eigenvalue weighted by Crippen LogP contribution is 2.47. The van der Waals surface area contributed by atoms with Crippen molar-refractivity contribution in [1.82, 2.24) is 9.88 Å². The van der Waals surface area contributed by atoms with E-state index in [1.54, 1.807) is 19.2 Å². The molecule has 6 heteroatoms. The first kappa shape index (κ1) is 11.5. The molecular formula is C12H12ClN3O2. The quantitative estimate of drug-likeness (QED) is 0.837. The Morgan fingerprint density at radius 2 is 2.06 bits per heavy atom. The summed E-state index contributed by atoms with van der Waals surface area (Å²) in [4.78, 5) is 29.2. The third kappa shape index (κ3) is 1.66. The number of imide groups is 1. The summed E-state index contributed by atoms with van der Waals surface area (Å²) in [7, 11) is 1.75. The van der Waals surface area contributed by atoms with Crippen molar-refractivity contribution >= 4 is 29.2 Å². The highest BCUT2D eigenvalue weighted by Gasteiger charge is 2.58. The minimum atomic E-state index is -0.0854. The maximum absolute atomic E-state index is 11.8. The molecule has 94 valence electrons. The lowest BCUT2D eigenvalue weighted by Crippen LogP contribution is -2.32. The zero-order valence-electron chi connectivity index (χ0n) is 9.81. The van der Waals surface area contributed by atoms with Gasteiger partial charge in [0.2, 0.25) is 11.8 Å². The summed E-state index contributed by atoms with van der Waals surface area (Å²) in [6.45, 7) is 0.166. The van der Waals surface area contributed by atoms with E-state index in [4.69, 9.17) is 11.6 Å². The van der Waals surface area contributed by atoms with E-state index in [0.717, 1.165) is 0 Å². The second kappa shape index (κ2) is 3.95. The zero-order chi connectivity index (χ0) is 12.9. The molecule has 1 saturated heterocycles. The summed E-state index contributed by atoms with van der Waals surface area (Å²) in [6.07, 6.45) is 0.714. The summed E-state index contributed by atoms with van der Waals surface area (Å²) in [5.74, 6) is 0.335. The zero-order valence-corrected chi connectivity index (χ0v) is 10.6. The molecular weight excluding hydrogens is 254 g/mol. The standard InChI is InChI=1S/C12H12ClN3O2/c1-14-10-3-2-8(13)9(15-10)5-16-11(17)6-4-7(6)12(16)18/h2-3,6-7H,4-5H2,1H3,(H,14,15). The van der Waals surface area contributed by atoms with Crippen molar-refractivity contribution in [3.05, 3.63) is 22.8 Å². The molecule has 2 atom stereocenters. The molecule has 0 spiro atoms. The van der Waals surface area contributed by atoms with Crippen LogP contribution in [0.5, 0.6) is 0 Å². The number of aromatic nitrogens is 1. The van der Waals surface area contributed by atoms with Crippen LogP contribution in [-0.2, 0) is 16.1 Å². The van der Waals surface area contributed by atoms with E-state index in [1.807, 2.05) is 0 Å². The molecule has 0 bridgehead atoms. The summed E-state index contributed by atoms with van der Waals surface area (Å²) in [5, 5.41) is 3.37. The molecule has 1 aliphatic carbocycles. The summed E-state index contributed by atoms with van der Waals surface area (Å²) >= 11 is 6.04. The maximum atomic E-state index is 11.8. The van der Waals surface area contributed by atoms with Gasteiger partial charge in [0.1, 0.15) is 5.82 Å². The second-order valence-corrected chi connectivity index (χ2v) is 4.99. The fraction of sp³-hybridized carbons (Fsp3) is 0.417. The van der Waals surface area contributed by atoms with Gasteiger partial charge in [-0.25, -0.2) is 4.98 Å². The van der Waals surface area contributed by atoms with Crippen LogP contribution in [-0.4, -0.2) is 28.7 Å². The molecule has 2 heterocycles. The van der Waals surface area contributed by atoms with E-state index in [-0.39, 0.29) is 30.2 Å². The van der Waals surface area contributed by atoms with Crippen molar-refractivity contribution in [2.45, 2.75) is 13.0 Å². The van der Waals surface area contributed by atoms with Gasteiger partial charge in [-0.3, -0.25) is 14.5 Å². The predicted octanol–water partition coefficient (Wildman–Crippen LogP) is 1.28. The number of nitrogens with one attached hydrogen (secondary N) is 1. The van der Waals surface area contributed by atoms with Crippen LogP contribution in [0.4, 0.5) is 5.82 Å². The minimum absolute atomic E-state index is 0.0799. The number of piperidine rings is 1. The molecule has 2 amide bonds. The third-order valence-corrected chi connectivity index (χ3v) is 3.78. The van der Waals surface area contributed by atoms with Crippen LogP contribution < -0.4 is 5.32 Å². The number of likely N-dealkylation sites (tertiary alicyclic amines) is 1. The SMILES string of the molecule is CNc1ccc(Cl)c(CN2C(=O)C3CC3C2=O)n1. The number of fused-ring (bicyclic) bond motifs is 1. The minimum Gasteiger partial charge on any atom is -0.373 e. The van der Waals surface area contributed by atoms with Crippen molar-refractivity contribution in [3.63, 3.8) is 0 Å². The molecule has 0 aromatic carbocycles. The van der Waals surface area contributed by atoms with Crippen molar-refractivity contribution < 1.29 is 9.59 Å². The molecule has 2 fully saturated rings. The molecule has 2 unspecified atom stereocenters. The van der Waals surface area contributed by atoms with Crippen molar-refractivity contribution in [2.75, 3.05) is 12.4 Å². The van der Waals surface area contributed by atoms with Gasteiger partial charge in [-0.2, -0.15) is 0 Å². The molecule has 2 aliphatic rings. The predicted molar refractivity (Wildman–Crippen MR) is 65.9 cm³/mol. The number of hydrogen-bond donors (Lipinski definition) is 1. The number of hydrogen-bond acceptors (Lipinski definition) is 4. The van der Waals surface area contributed by atoms with Crippen LogP contribution in [0, 0.1) is 11.8 Å². The topological polar surface area (TPSA) is 62.3 Å². The average Bonchev–Trinajstić information content (AvgIpc) is 3.12. The van der Waals surface area contributed by atoms with Crippen LogP contribution in [0.3, 0.4) is 0 Å². The van der Waals surface area contributed by atoms with E-state index < -0.39 is 0 Å². The fourth-order valence-corrected chi connectivity index (χ4v) is 2.45. The molecule has 1 aromatic rings. The van der Waals surface area contributed by atoms with Gasteiger partial charge >= 0.3 is 0 Å². The van der Waals surface area contributed by atoms with Crippen molar-refractivity contribution in [2.24, 2.45) is 11.8 Å². The number of carbonyl (C=O) groups is 2. The van der Waals surface area contributed by atoms with E-state index in [1.165, 1.54) is 4.90 Å². The Bertz CT molecular complexity index is 526. The molecule has 0 radical (unpaired) electrons. The molecule has 5 nitrogen and oxygen atoms in total. The summed E-state index contributed by atoms with van der Waals surface area (Å²) in [6, 6.07) is 3.46. The second-order valence-electron chi connectivity index (χ2n) is 4.59. The van der Waals surface area contributed by atoms with Crippen LogP contribution in [0.15, 0.2) is 12.1 Å². The van der Waals surface area contributed by atoms with Crippen LogP contribution in [0.1, 0.15) is 12.1 Å². The first-order chi connectivity index (χ1) is 8.61. The molecule has 1 aliphatic heterocycles. The Kier molecular flexibility index (Phi) is 2.52. The molecule has 3 rings (SSSR count). The van der Waals surface area contributed by atoms with Gasteiger partial charge in [0, 0.05) is 7.05 Å². The number of amides is 2. The number of pyridine rings is 1. The Labute approximate surface area is 109 Å². The van der Waals surface area contributed by atoms with Gasteiger partial charge in [-0.15, -0.1) is 0 Å².